The Morgan fingerprint density at radius 2 is 1.95 bits per heavy atom. The van der Waals surface area contributed by atoms with Crippen LogP contribution in [0.4, 0.5) is 0 Å². The van der Waals surface area contributed by atoms with Crippen LogP contribution in [0.1, 0.15) is 59.3 Å². The Balaban J connectivity index is 1.88. The van der Waals surface area contributed by atoms with Crippen LogP contribution >= 0.6 is 11.8 Å². The molecule has 1 saturated carbocycles. The fourth-order valence-electron chi connectivity index (χ4n) is 3.93. The van der Waals surface area contributed by atoms with Gasteiger partial charge in [0.05, 0.1) is 0 Å². The normalized spacial score (nSPS) is 28.6. The SMILES string of the molecule is CCSCCCN1CC(C)(C)NCC1C1CCCCC1. The first-order valence-corrected chi connectivity index (χ1v) is 9.84. The highest BCUT2D eigenvalue weighted by Crippen LogP contribution is 2.31. The molecule has 0 spiro atoms. The van der Waals surface area contributed by atoms with Crippen LogP contribution in [0.2, 0.25) is 0 Å². The lowest BCUT2D eigenvalue weighted by Gasteiger charge is -2.48. The Kier molecular flexibility index (Phi) is 6.70. The molecule has 1 saturated heterocycles. The standard InChI is InChI=1S/C17H34N2S/c1-4-20-12-8-11-19-14-17(2,3)18-13-16(19)15-9-6-5-7-10-15/h15-16,18H,4-14H2,1-3H3. The van der Waals surface area contributed by atoms with E-state index < -0.39 is 0 Å². The zero-order chi connectivity index (χ0) is 14.4. The van der Waals surface area contributed by atoms with Crippen molar-refractivity contribution in [1.82, 2.24) is 10.2 Å². The van der Waals surface area contributed by atoms with Gasteiger partial charge in [0, 0.05) is 24.7 Å². The van der Waals surface area contributed by atoms with Crippen LogP contribution in [0.15, 0.2) is 0 Å². The van der Waals surface area contributed by atoms with E-state index in [4.69, 9.17) is 0 Å². The molecular weight excluding hydrogens is 264 g/mol. The maximum absolute atomic E-state index is 3.79. The van der Waals surface area contributed by atoms with Gasteiger partial charge >= 0.3 is 0 Å². The molecule has 1 aliphatic heterocycles. The van der Waals surface area contributed by atoms with E-state index >= 15 is 0 Å². The number of thioether (sulfide) groups is 1. The summed E-state index contributed by atoms with van der Waals surface area (Å²) >= 11 is 2.09. The summed E-state index contributed by atoms with van der Waals surface area (Å²) in [6, 6.07) is 0.801. The molecule has 1 atom stereocenters. The van der Waals surface area contributed by atoms with Gasteiger partial charge in [0.15, 0.2) is 0 Å². The topological polar surface area (TPSA) is 15.3 Å². The first kappa shape index (κ1) is 16.6. The van der Waals surface area contributed by atoms with Gasteiger partial charge in [-0.1, -0.05) is 26.2 Å². The van der Waals surface area contributed by atoms with Crippen LogP contribution in [-0.4, -0.2) is 47.6 Å². The maximum atomic E-state index is 3.79. The van der Waals surface area contributed by atoms with Gasteiger partial charge in [-0.15, -0.1) is 0 Å². The number of hydrogen-bond acceptors (Lipinski definition) is 3. The largest absolute Gasteiger partial charge is 0.309 e. The lowest BCUT2D eigenvalue weighted by molar-refractivity contribution is 0.0484. The first-order chi connectivity index (χ1) is 9.62. The van der Waals surface area contributed by atoms with E-state index in [1.807, 2.05) is 0 Å². The summed E-state index contributed by atoms with van der Waals surface area (Å²) in [5.74, 6) is 3.54. The Morgan fingerprint density at radius 1 is 1.20 bits per heavy atom. The highest BCUT2D eigenvalue weighted by atomic mass is 32.2. The Bertz CT molecular complexity index is 274. The summed E-state index contributed by atoms with van der Waals surface area (Å²) in [5, 5.41) is 3.79. The van der Waals surface area contributed by atoms with Gasteiger partial charge in [-0.3, -0.25) is 4.90 Å². The predicted molar refractivity (Wildman–Crippen MR) is 91.6 cm³/mol. The van der Waals surface area contributed by atoms with E-state index in [0.717, 1.165) is 12.0 Å². The quantitative estimate of drug-likeness (QED) is 0.752. The van der Waals surface area contributed by atoms with Crippen molar-refractivity contribution in [3.8, 4) is 0 Å². The van der Waals surface area contributed by atoms with Crippen LogP contribution in [-0.2, 0) is 0 Å². The molecule has 0 amide bonds. The van der Waals surface area contributed by atoms with E-state index in [1.165, 1.54) is 69.7 Å². The minimum absolute atomic E-state index is 0.295. The van der Waals surface area contributed by atoms with Crippen molar-refractivity contribution in [2.24, 2.45) is 5.92 Å². The zero-order valence-electron chi connectivity index (χ0n) is 13.8. The Hall–Kier alpha value is 0.270. The fourth-order valence-corrected chi connectivity index (χ4v) is 4.56. The van der Waals surface area contributed by atoms with Crippen molar-refractivity contribution in [3.63, 3.8) is 0 Å². The van der Waals surface area contributed by atoms with E-state index in [1.54, 1.807) is 0 Å². The molecule has 2 rings (SSSR count). The molecule has 20 heavy (non-hydrogen) atoms. The molecule has 2 fully saturated rings. The van der Waals surface area contributed by atoms with Crippen LogP contribution in [0.3, 0.4) is 0 Å². The molecule has 1 N–H and O–H groups in total. The molecule has 0 radical (unpaired) electrons. The van der Waals surface area contributed by atoms with Crippen LogP contribution in [0.5, 0.6) is 0 Å². The second-order valence-corrected chi connectivity index (χ2v) is 8.65. The predicted octanol–water partition coefficient (Wildman–Crippen LogP) is 3.76. The van der Waals surface area contributed by atoms with E-state index in [2.05, 4.69) is 42.7 Å². The third kappa shape index (κ3) is 4.92. The Morgan fingerprint density at radius 3 is 2.65 bits per heavy atom. The van der Waals surface area contributed by atoms with Gasteiger partial charge in [0.2, 0.25) is 0 Å². The van der Waals surface area contributed by atoms with E-state index in [9.17, 15) is 0 Å². The third-order valence-electron chi connectivity index (χ3n) is 4.99. The molecule has 0 aromatic carbocycles. The van der Waals surface area contributed by atoms with Crippen molar-refractivity contribution in [3.05, 3.63) is 0 Å². The molecule has 0 aromatic heterocycles. The number of nitrogens with one attached hydrogen (secondary N) is 1. The maximum Gasteiger partial charge on any atom is 0.0252 e. The smallest absolute Gasteiger partial charge is 0.0252 e. The molecule has 1 heterocycles. The lowest BCUT2D eigenvalue weighted by Crippen LogP contribution is -2.63. The molecule has 1 unspecified atom stereocenters. The number of piperazine rings is 1. The minimum Gasteiger partial charge on any atom is -0.309 e. The number of rotatable bonds is 6. The fraction of sp³-hybridized carbons (Fsp3) is 1.00. The summed E-state index contributed by atoms with van der Waals surface area (Å²) in [4.78, 5) is 2.82. The minimum atomic E-state index is 0.295. The number of hydrogen-bond donors (Lipinski definition) is 1. The van der Waals surface area contributed by atoms with Crippen LogP contribution in [0.25, 0.3) is 0 Å². The van der Waals surface area contributed by atoms with Crippen LogP contribution < -0.4 is 5.32 Å². The van der Waals surface area contributed by atoms with Crippen molar-refractivity contribution < 1.29 is 0 Å². The van der Waals surface area contributed by atoms with Gasteiger partial charge in [-0.2, -0.15) is 11.8 Å². The third-order valence-corrected chi connectivity index (χ3v) is 5.97. The second kappa shape index (κ2) is 8.05. The molecule has 118 valence electrons. The van der Waals surface area contributed by atoms with Gasteiger partial charge in [-0.05, 0) is 57.1 Å². The lowest BCUT2D eigenvalue weighted by atomic mass is 9.81. The molecule has 0 bridgehead atoms. The Labute approximate surface area is 130 Å². The van der Waals surface area contributed by atoms with E-state index in [-0.39, 0.29) is 0 Å². The molecule has 0 aromatic rings. The monoisotopic (exact) mass is 298 g/mol. The molecular formula is C17H34N2S. The summed E-state index contributed by atoms with van der Waals surface area (Å²) in [6.45, 7) is 10.7. The van der Waals surface area contributed by atoms with Gasteiger partial charge in [0.25, 0.3) is 0 Å². The first-order valence-electron chi connectivity index (χ1n) is 8.69. The molecule has 1 aliphatic carbocycles. The van der Waals surface area contributed by atoms with Crippen molar-refractivity contribution in [2.45, 2.75) is 70.9 Å². The van der Waals surface area contributed by atoms with Crippen molar-refractivity contribution in [2.75, 3.05) is 31.1 Å². The highest BCUT2D eigenvalue weighted by molar-refractivity contribution is 7.99. The summed E-state index contributed by atoms with van der Waals surface area (Å²) in [6.07, 6.45) is 8.68. The zero-order valence-corrected chi connectivity index (χ0v) is 14.6. The molecule has 2 nitrogen and oxygen atoms in total. The van der Waals surface area contributed by atoms with E-state index in [0.29, 0.717) is 5.54 Å². The summed E-state index contributed by atoms with van der Waals surface area (Å²) in [7, 11) is 0. The van der Waals surface area contributed by atoms with Gasteiger partial charge in [-0.25, -0.2) is 0 Å². The average Bonchev–Trinajstić information content (AvgIpc) is 2.44. The summed E-state index contributed by atoms with van der Waals surface area (Å²) < 4.78 is 0. The average molecular weight is 299 g/mol. The van der Waals surface area contributed by atoms with Gasteiger partial charge in [0.1, 0.15) is 0 Å². The van der Waals surface area contributed by atoms with Crippen LogP contribution in [0, 0.1) is 5.92 Å². The van der Waals surface area contributed by atoms with Gasteiger partial charge < -0.3 is 5.32 Å². The second-order valence-electron chi connectivity index (χ2n) is 7.25. The molecule has 2 aliphatic rings. The number of nitrogens with zero attached hydrogens (tertiary/aromatic N) is 1. The van der Waals surface area contributed by atoms with Crippen molar-refractivity contribution >= 4 is 11.8 Å². The summed E-state index contributed by atoms with van der Waals surface area (Å²) in [5.41, 5.74) is 0.295. The molecule has 3 heteroatoms. The highest BCUT2D eigenvalue weighted by Gasteiger charge is 2.36. The van der Waals surface area contributed by atoms with Crippen molar-refractivity contribution in [1.29, 1.82) is 0 Å².